The van der Waals surface area contributed by atoms with Crippen molar-refractivity contribution in [2.45, 2.75) is 65.8 Å². The Labute approximate surface area is 123 Å². The van der Waals surface area contributed by atoms with E-state index in [1.165, 1.54) is 48.8 Å². The van der Waals surface area contributed by atoms with E-state index in [1.807, 2.05) is 0 Å². The minimum Gasteiger partial charge on any atom is -0.310 e. The van der Waals surface area contributed by atoms with E-state index in [-0.39, 0.29) is 0 Å². The Morgan fingerprint density at radius 2 is 1.79 bits per heavy atom. The molecule has 1 aromatic carbocycles. The van der Waals surface area contributed by atoms with Gasteiger partial charge in [0.05, 0.1) is 0 Å². The average Bonchev–Trinajstić information content (AvgIpc) is 2.38. The number of nitrogens with one attached hydrogen (secondary N) is 1. The highest BCUT2D eigenvalue weighted by Crippen LogP contribution is 2.28. The monoisotopic (exact) mass is 281 g/mol. The summed E-state index contributed by atoms with van der Waals surface area (Å²) in [6.07, 6.45) is 6.49. The smallest absolute Gasteiger partial charge is 0.0438 e. The van der Waals surface area contributed by atoms with E-state index in [0.717, 1.165) is 11.6 Å². The Kier molecular flexibility index (Phi) is 7.48. The fourth-order valence-corrected chi connectivity index (χ4v) is 2.79. The molecule has 0 heterocycles. The van der Waals surface area contributed by atoms with Crippen LogP contribution in [0.15, 0.2) is 12.1 Å². The Hall–Kier alpha value is -0.530. The zero-order chi connectivity index (χ0) is 14.3. The van der Waals surface area contributed by atoms with Crippen molar-refractivity contribution < 1.29 is 0 Å². The van der Waals surface area contributed by atoms with Crippen LogP contribution in [0.5, 0.6) is 0 Å². The van der Waals surface area contributed by atoms with E-state index in [4.69, 9.17) is 11.6 Å². The van der Waals surface area contributed by atoms with Crippen molar-refractivity contribution in [3.8, 4) is 0 Å². The van der Waals surface area contributed by atoms with Crippen LogP contribution >= 0.6 is 11.6 Å². The second-order valence-electron chi connectivity index (χ2n) is 5.42. The maximum Gasteiger partial charge on any atom is 0.0438 e. The summed E-state index contributed by atoms with van der Waals surface area (Å²) < 4.78 is 0. The van der Waals surface area contributed by atoms with E-state index >= 15 is 0 Å². The molecular weight excluding hydrogens is 254 g/mol. The van der Waals surface area contributed by atoms with Crippen molar-refractivity contribution >= 4 is 11.6 Å². The second kappa shape index (κ2) is 8.60. The fourth-order valence-electron chi connectivity index (χ4n) is 2.57. The zero-order valence-electron chi connectivity index (χ0n) is 12.9. The number of unbranched alkanes of at least 4 members (excludes halogenated alkanes) is 3. The standard InChI is InChI=1S/C17H28ClN/c1-5-7-8-9-10-17(19-6-2)15-11-14(4)16(18)12-13(15)3/h11-12,17,19H,5-10H2,1-4H3. The second-order valence-corrected chi connectivity index (χ2v) is 5.82. The van der Waals surface area contributed by atoms with Crippen LogP contribution in [-0.2, 0) is 0 Å². The molecule has 1 atom stereocenters. The lowest BCUT2D eigenvalue weighted by molar-refractivity contribution is 0.480. The molecule has 0 bridgehead atoms. The lowest BCUT2D eigenvalue weighted by Gasteiger charge is -2.21. The molecule has 0 aliphatic heterocycles. The maximum atomic E-state index is 6.19. The van der Waals surface area contributed by atoms with Gasteiger partial charge in [-0.15, -0.1) is 0 Å². The molecule has 108 valence electrons. The van der Waals surface area contributed by atoms with Gasteiger partial charge in [0.25, 0.3) is 0 Å². The predicted octanol–water partition coefficient (Wildman–Crippen LogP) is 5.58. The zero-order valence-corrected chi connectivity index (χ0v) is 13.6. The molecule has 0 radical (unpaired) electrons. The van der Waals surface area contributed by atoms with Gasteiger partial charge < -0.3 is 5.32 Å². The van der Waals surface area contributed by atoms with Crippen LogP contribution in [0.1, 0.15) is 68.7 Å². The highest BCUT2D eigenvalue weighted by Gasteiger charge is 2.13. The topological polar surface area (TPSA) is 12.0 Å². The number of aryl methyl sites for hydroxylation is 2. The molecule has 0 aliphatic carbocycles. The first-order valence-electron chi connectivity index (χ1n) is 7.60. The Balaban J connectivity index is 2.77. The van der Waals surface area contributed by atoms with Gasteiger partial charge in [-0.25, -0.2) is 0 Å². The lowest BCUT2D eigenvalue weighted by Crippen LogP contribution is -2.21. The number of rotatable bonds is 8. The third-order valence-corrected chi connectivity index (χ3v) is 4.13. The molecule has 1 nitrogen and oxygen atoms in total. The molecule has 1 aromatic rings. The van der Waals surface area contributed by atoms with Crippen LogP contribution < -0.4 is 5.32 Å². The van der Waals surface area contributed by atoms with E-state index in [9.17, 15) is 0 Å². The van der Waals surface area contributed by atoms with Gasteiger partial charge in [0.15, 0.2) is 0 Å². The van der Waals surface area contributed by atoms with Crippen LogP contribution in [0.25, 0.3) is 0 Å². The van der Waals surface area contributed by atoms with E-state index < -0.39 is 0 Å². The van der Waals surface area contributed by atoms with Crippen molar-refractivity contribution in [2.24, 2.45) is 0 Å². The Morgan fingerprint density at radius 1 is 1.05 bits per heavy atom. The third-order valence-electron chi connectivity index (χ3n) is 3.72. The molecule has 0 aliphatic rings. The molecule has 1 rings (SSSR count). The van der Waals surface area contributed by atoms with Crippen molar-refractivity contribution in [1.29, 1.82) is 0 Å². The molecule has 2 heteroatoms. The number of hydrogen-bond donors (Lipinski definition) is 1. The van der Waals surface area contributed by atoms with Gasteiger partial charge in [0.1, 0.15) is 0 Å². The van der Waals surface area contributed by atoms with E-state index in [2.05, 4.69) is 45.1 Å². The van der Waals surface area contributed by atoms with Gasteiger partial charge >= 0.3 is 0 Å². The summed E-state index contributed by atoms with van der Waals surface area (Å²) in [6.45, 7) is 9.70. The SMILES string of the molecule is CCCCCCC(NCC)c1cc(C)c(Cl)cc1C. The number of halogens is 1. The fraction of sp³-hybridized carbons (Fsp3) is 0.647. The molecule has 0 fully saturated rings. The summed E-state index contributed by atoms with van der Waals surface area (Å²) in [4.78, 5) is 0. The molecule has 1 unspecified atom stereocenters. The summed E-state index contributed by atoms with van der Waals surface area (Å²) in [7, 11) is 0. The summed E-state index contributed by atoms with van der Waals surface area (Å²) in [5, 5.41) is 4.50. The highest BCUT2D eigenvalue weighted by atomic mass is 35.5. The average molecular weight is 282 g/mol. The Morgan fingerprint density at radius 3 is 2.42 bits per heavy atom. The van der Waals surface area contributed by atoms with Crippen LogP contribution in [0.4, 0.5) is 0 Å². The van der Waals surface area contributed by atoms with E-state index in [0.29, 0.717) is 6.04 Å². The first-order chi connectivity index (χ1) is 9.10. The quantitative estimate of drug-likeness (QED) is 0.614. The summed E-state index contributed by atoms with van der Waals surface area (Å²) >= 11 is 6.19. The first-order valence-corrected chi connectivity index (χ1v) is 7.98. The maximum absolute atomic E-state index is 6.19. The van der Waals surface area contributed by atoms with Gasteiger partial charge in [-0.2, -0.15) is 0 Å². The summed E-state index contributed by atoms with van der Waals surface area (Å²) in [5.74, 6) is 0. The number of benzene rings is 1. The molecular formula is C17H28ClN. The molecule has 0 saturated heterocycles. The minimum atomic E-state index is 0.470. The van der Waals surface area contributed by atoms with Crippen LogP contribution in [0.3, 0.4) is 0 Å². The van der Waals surface area contributed by atoms with Crippen LogP contribution in [-0.4, -0.2) is 6.54 Å². The van der Waals surface area contributed by atoms with E-state index in [1.54, 1.807) is 0 Å². The van der Waals surface area contributed by atoms with Gasteiger partial charge in [-0.1, -0.05) is 57.2 Å². The van der Waals surface area contributed by atoms with Crippen molar-refractivity contribution in [3.63, 3.8) is 0 Å². The summed E-state index contributed by atoms with van der Waals surface area (Å²) in [6, 6.07) is 4.82. The van der Waals surface area contributed by atoms with Gasteiger partial charge in [-0.3, -0.25) is 0 Å². The molecule has 0 spiro atoms. The summed E-state index contributed by atoms with van der Waals surface area (Å²) in [5.41, 5.74) is 3.90. The number of hydrogen-bond acceptors (Lipinski definition) is 1. The molecule has 0 aromatic heterocycles. The molecule has 0 amide bonds. The van der Waals surface area contributed by atoms with Gasteiger partial charge in [0, 0.05) is 11.1 Å². The van der Waals surface area contributed by atoms with Crippen LogP contribution in [0.2, 0.25) is 5.02 Å². The normalized spacial score (nSPS) is 12.7. The van der Waals surface area contributed by atoms with Crippen LogP contribution in [0, 0.1) is 13.8 Å². The third kappa shape index (κ3) is 5.16. The Bertz CT molecular complexity index is 387. The minimum absolute atomic E-state index is 0.470. The predicted molar refractivity (Wildman–Crippen MR) is 86.1 cm³/mol. The van der Waals surface area contributed by atoms with Crippen molar-refractivity contribution in [2.75, 3.05) is 6.54 Å². The van der Waals surface area contributed by atoms with Gasteiger partial charge in [-0.05, 0) is 49.6 Å². The largest absolute Gasteiger partial charge is 0.310 e. The van der Waals surface area contributed by atoms with Crippen molar-refractivity contribution in [1.82, 2.24) is 5.32 Å². The lowest BCUT2D eigenvalue weighted by atomic mass is 9.94. The van der Waals surface area contributed by atoms with Crippen molar-refractivity contribution in [3.05, 3.63) is 33.8 Å². The highest BCUT2D eigenvalue weighted by molar-refractivity contribution is 6.31. The molecule has 1 N–H and O–H groups in total. The first kappa shape index (κ1) is 16.5. The van der Waals surface area contributed by atoms with Gasteiger partial charge in [0.2, 0.25) is 0 Å². The molecule has 0 saturated carbocycles. The molecule has 19 heavy (non-hydrogen) atoms.